The first-order valence-electron chi connectivity index (χ1n) is 15.7. The van der Waals surface area contributed by atoms with Crippen molar-refractivity contribution >= 4 is 23.1 Å². The molecule has 0 spiro atoms. The molecular weight excluding hydrogens is 606 g/mol. The van der Waals surface area contributed by atoms with E-state index in [1.165, 1.54) is 52.8 Å². The van der Waals surface area contributed by atoms with Crippen molar-refractivity contribution in [2.45, 2.75) is 91.4 Å². The molecule has 0 radical (unpaired) electrons. The van der Waals surface area contributed by atoms with E-state index >= 15 is 0 Å². The van der Waals surface area contributed by atoms with Crippen LogP contribution in [-0.2, 0) is 4.79 Å². The number of hydrogen-bond donors (Lipinski definition) is 7. The summed E-state index contributed by atoms with van der Waals surface area (Å²) >= 11 is 0. The third kappa shape index (κ3) is 7.15. The van der Waals surface area contributed by atoms with Crippen LogP contribution in [0, 0.1) is 30.6 Å². The number of ketones is 4. The number of aliphatic hydroxyl groups is 5. The van der Waals surface area contributed by atoms with Crippen LogP contribution in [-0.4, -0.2) is 89.8 Å². The maximum atomic E-state index is 13.8. The van der Waals surface area contributed by atoms with Crippen LogP contribution >= 0.6 is 0 Å². The number of Topliss-reactive ketones (excluding diaryl/α,β-unsaturated/α-hetero) is 3. The first-order valence-corrected chi connectivity index (χ1v) is 15.7. The topological polar surface area (TPSA) is 216 Å². The van der Waals surface area contributed by atoms with Gasteiger partial charge in [-0.05, 0) is 57.0 Å². The Bertz CT molecular complexity index is 1580. The van der Waals surface area contributed by atoms with Crippen LogP contribution in [0.15, 0.2) is 53.2 Å². The van der Waals surface area contributed by atoms with Crippen molar-refractivity contribution in [2.24, 2.45) is 29.4 Å². The summed E-state index contributed by atoms with van der Waals surface area (Å²) in [6, 6.07) is -0.280. The normalized spacial score (nSPS) is 35.0. The minimum Gasteiger partial charge on any atom is -0.507 e. The van der Waals surface area contributed by atoms with Crippen molar-refractivity contribution in [2.75, 3.05) is 0 Å². The summed E-state index contributed by atoms with van der Waals surface area (Å²) in [6.45, 7) is 11.7. The molecular formula is C36H47NO10. The maximum Gasteiger partial charge on any atom is 0.192 e. The van der Waals surface area contributed by atoms with Crippen molar-refractivity contribution in [1.82, 2.24) is 0 Å². The molecule has 11 nitrogen and oxygen atoms in total. The van der Waals surface area contributed by atoms with E-state index in [2.05, 4.69) is 0 Å². The second kappa shape index (κ2) is 14.3. The van der Waals surface area contributed by atoms with Gasteiger partial charge in [-0.3, -0.25) is 19.2 Å². The molecule has 47 heavy (non-hydrogen) atoms. The number of carbonyl (C=O) groups is 4. The Kier molecular flexibility index (Phi) is 11.5. The molecule has 4 bridgehead atoms. The molecule has 0 fully saturated rings. The second-order valence-corrected chi connectivity index (χ2v) is 13.4. The van der Waals surface area contributed by atoms with Gasteiger partial charge in [-0.1, -0.05) is 45.9 Å². The molecule has 0 aromatic heterocycles. The standard InChI is InChI=1S/C36H47NO10/c1-15-10-9-11-16(2)30(41)27(37)24-18(4)33(44)25-22(34(24)45)14-17(3)29(40)26(25)23(38)12-13-36(8,47)35(46)21(7)32(43)20(6)31(42)19(5)28(15)39/h9-15,19-21,27-28,31-32,35,39-40,42-43,46-47H,37H2,1-8H3. The smallest absolute Gasteiger partial charge is 0.192 e. The summed E-state index contributed by atoms with van der Waals surface area (Å²) in [5.41, 5.74) is 2.89. The van der Waals surface area contributed by atoms with Crippen molar-refractivity contribution in [3.05, 3.63) is 75.4 Å². The Morgan fingerprint density at radius 1 is 0.809 bits per heavy atom. The number of aliphatic hydroxyl groups excluding tert-OH is 4. The van der Waals surface area contributed by atoms with Gasteiger partial charge in [0.1, 0.15) is 11.4 Å². The van der Waals surface area contributed by atoms with Crippen LogP contribution < -0.4 is 5.73 Å². The predicted molar refractivity (Wildman–Crippen MR) is 175 cm³/mol. The van der Waals surface area contributed by atoms with Crippen LogP contribution in [0.4, 0.5) is 0 Å². The van der Waals surface area contributed by atoms with Gasteiger partial charge >= 0.3 is 0 Å². The molecule has 10 atom stereocenters. The monoisotopic (exact) mass is 653 g/mol. The van der Waals surface area contributed by atoms with Gasteiger partial charge in [-0.15, -0.1) is 0 Å². The zero-order valence-electron chi connectivity index (χ0n) is 28.1. The number of benzene rings is 1. The first-order chi connectivity index (χ1) is 21.7. The lowest BCUT2D eigenvalue weighted by molar-refractivity contribution is -0.116. The van der Waals surface area contributed by atoms with Gasteiger partial charge in [0.2, 0.25) is 0 Å². The Labute approximate surface area is 274 Å². The van der Waals surface area contributed by atoms with E-state index < -0.39 is 94.2 Å². The third-order valence-electron chi connectivity index (χ3n) is 9.84. The van der Waals surface area contributed by atoms with Gasteiger partial charge in [0, 0.05) is 45.9 Å². The van der Waals surface area contributed by atoms with E-state index in [4.69, 9.17) is 5.73 Å². The molecule has 4 rings (SSSR count). The van der Waals surface area contributed by atoms with Crippen LogP contribution in [0.5, 0.6) is 5.75 Å². The summed E-state index contributed by atoms with van der Waals surface area (Å²) in [5, 5.41) is 66.3. The number of phenols is 1. The zero-order chi connectivity index (χ0) is 35.9. The molecule has 0 saturated carbocycles. The highest BCUT2D eigenvalue weighted by molar-refractivity contribution is 6.32. The minimum absolute atomic E-state index is 0.0915. The lowest BCUT2D eigenvalue weighted by atomic mass is 9.76. The molecule has 10 unspecified atom stereocenters. The van der Waals surface area contributed by atoms with Crippen LogP contribution in [0.2, 0.25) is 0 Å². The lowest BCUT2D eigenvalue weighted by Crippen LogP contribution is -2.50. The van der Waals surface area contributed by atoms with Gasteiger partial charge in [-0.25, -0.2) is 0 Å². The molecule has 0 aliphatic heterocycles. The number of hydrogen-bond acceptors (Lipinski definition) is 11. The molecule has 0 saturated heterocycles. The van der Waals surface area contributed by atoms with Crippen molar-refractivity contribution in [3.8, 4) is 5.75 Å². The first kappa shape index (κ1) is 37.9. The van der Waals surface area contributed by atoms with E-state index in [1.807, 2.05) is 0 Å². The quantitative estimate of drug-likeness (QED) is 0.216. The summed E-state index contributed by atoms with van der Waals surface area (Å²) in [6.07, 6.45) is 1.08. The van der Waals surface area contributed by atoms with Crippen LogP contribution in [0.25, 0.3) is 0 Å². The molecule has 3 aliphatic rings. The lowest BCUT2D eigenvalue weighted by Gasteiger charge is -2.38. The highest BCUT2D eigenvalue weighted by atomic mass is 16.3. The Balaban J connectivity index is 2.24. The highest BCUT2D eigenvalue weighted by Gasteiger charge is 2.42. The van der Waals surface area contributed by atoms with E-state index in [1.54, 1.807) is 26.8 Å². The predicted octanol–water partition coefficient (Wildman–Crippen LogP) is 2.29. The van der Waals surface area contributed by atoms with Gasteiger partial charge in [0.15, 0.2) is 23.1 Å². The number of allylic oxidation sites excluding steroid dienone is 4. The molecule has 0 amide bonds. The van der Waals surface area contributed by atoms with Crippen LogP contribution in [0.3, 0.4) is 0 Å². The molecule has 1 aromatic carbocycles. The van der Waals surface area contributed by atoms with Crippen LogP contribution in [0.1, 0.15) is 85.1 Å². The van der Waals surface area contributed by atoms with Gasteiger partial charge in [-0.2, -0.15) is 0 Å². The fourth-order valence-electron chi connectivity index (χ4n) is 6.40. The summed E-state index contributed by atoms with van der Waals surface area (Å²) in [4.78, 5) is 54.4. The van der Waals surface area contributed by atoms with E-state index in [9.17, 15) is 49.8 Å². The number of carbonyl (C=O) groups excluding carboxylic acids is 4. The minimum atomic E-state index is -2.12. The third-order valence-corrected chi connectivity index (χ3v) is 9.84. The molecule has 1 aromatic rings. The molecule has 8 N–H and O–H groups in total. The zero-order valence-corrected chi connectivity index (χ0v) is 28.1. The molecule has 3 aliphatic carbocycles. The van der Waals surface area contributed by atoms with Gasteiger partial charge in [0.05, 0.1) is 36.0 Å². The largest absolute Gasteiger partial charge is 0.507 e. The maximum absolute atomic E-state index is 13.8. The number of fused-ring (bicyclic) bond motifs is 15. The fraction of sp³-hybridized carbons (Fsp3) is 0.500. The number of rotatable bonds is 0. The summed E-state index contributed by atoms with van der Waals surface area (Å²) in [5.74, 6) is -6.89. The SMILES string of the molecule is CC1=CC=CC(C)C(O)C(C)C(O)C(C)C(O)C(C)C(O)C(C)(O)C=CC(=O)c2c(O)c(C)cc3c2C(=O)C(C)=C(C3=O)C(N)C1=O. The fourth-order valence-corrected chi connectivity index (χ4v) is 6.40. The van der Waals surface area contributed by atoms with Crippen molar-refractivity contribution in [3.63, 3.8) is 0 Å². The van der Waals surface area contributed by atoms with Gasteiger partial charge < -0.3 is 36.4 Å². The Morgan fingerprint density at radius 2 is 1.36 bits per heavy atom. The average Bonchev–Trinajstić information content (AvgIpc) is 3.03. The number of aryl methyl sites for hydroxylation is 1. The van der Waals surface area contributed by atoms with E-state index in [0.717, 1.165) is 12.2 Å². The molecule has 256 valence electrons. The number of phenolic OH excluding ortho intramolecular Hbond substituents is 1. The van der Waals surface area contributed by atoms with E-state index in [-0.39, 0.29) is 33.4 Å². The summed E-state index contributed by atoms with van der Waals surface area (Å²) in [7, 11) is 0. The Hall–Kier alpha value is -3.58. The molecule has 11 heteroatoms. The average molecular weight is 654 g/mol. The summed E-state index contributed by atoms with van der Waals surface area (Å²) < 4.78 is 0. The number of aromatic hydroxyl groups is 1. The number of nitrogens with two attached hydrogens (primary N) is 1. The highest BCUT2D eigenvalue weighted by Crippen LogP contribution is 2.37. The second-order valence-electron chi connectivity index (χ2n) is 13.4. The van der Waals surface area contributed by atoms with Gasteiger partial charge in [0.25, 0.3) is 0 Å². The Morgan fingerprint density at radius 3 is 1.96 bits per heavy atom. The van der Waals surface area contributed by atoms with E-state index in [0.29, 0.717) is 0 Å². The van der Waals surface area contributed by atoms with Crippen molar-refractivity contribution in [1.29, 1.82) is 0 Å². The molecule has 0 heterocycles. The van der Waals surface area contributed by atoms with Crippen molar-refractivity contribution < 1.29 is 49.8 Å².